The number of aromatic amines is 1. The van der Waals surface area contributed by atoms with Crippen LogP contribution in [0.1, 0.15) is 25.2 Å². The summed E-state index contributed by atoms with van der Waals surface area (Å²) < 4.78 is 11.4. The predicted octanol–water partition coefficient (Wildman–Crippen LogP) is 3.26. The van der Waals surface area contributed by atoms with Crippen LogP contribution >= 0.6 is 0 Å². The highest BCUT2D eigenvalue weighted by Gasteiger charge is 2.18. The van der Waals surface area contributed by atoms with E-state index in [1.807, 2.05) is 33.8 Å². The number of benzene rings is 1. The summed E-state index contributed by atoms with van der Waals surface area (Å²) in [5.41, 5.74) is 3.69. The van der Waals surface area contributed by atoms with Gasteiger partial charge in [0, 0.05) is 24.5 Å². The van der Waals surface area contributed by atoms with Gasteiger partial charge in [0.15, 0.2) is 0 Å². The number of aromatic nitrogens is 4. The maximum Gasteiger partial charge on any atom is 0.133 e. The van der Waals surface area contributed by atoms with Crippen LogP contribution in [0.4, 0.5) is 5.82 Å². The fraction of sp³-hybridized carbons (Fsp3) is 0.450. The summed E-state index contributed by atoms with van der Waals surface area (Å²) in [4.78, 5) is 11.5. The van der Waals surface area contributed by atoms with E-state index in [4.69, 9.17) is 9.47 Å². The average molecular weight is 367 g/mol. The zero-order valence-electron chi connectivity index (χ0n) is 16.2. The molecule has 0 unspecified atom stereocenters. The first kappa shape index (κ1) is 17.7. The topological polar surface area (TPSA) is 76.2 Å². The Balaban J connectivity index is 1.78. The van der Waals surface area contributed by atoms with E-state index in [1.54, 1.807) is 0 Å². The van der Waals surface area contributed by atoms with E-state index in [2.05, 4.69) is 37.2 Å². The van der Waals surface area contributed by atoms with Gasteiger partial charge in [-0.25, -0.2) is 9.97 Å². The molecular formula is C20H25N5O2. The summed E-state index contributed by atoms with van der Waals surface area (Å²) in [6, 6.07) is 6.13. The second-order valence-corrected chi connectivity index (χ2v) is 7.16. The zero-order valence-corrected chi connectivity index (χ0v) is 16.2. The number of morpholine rings is 1. The van der Waals surface area contributed by atoms with Crippen molar-refractivity contribution in [2.24, 2.45) is 0 Å². The van der Waals surface area contributed by atoms with Crippen molar-refractivity contribution in [3.63, 3.8) is 0 Å². The van der Waals surface area contributed by atoms with Gasteiger partial charge in [-0.3, -0.25) is 5.10 Å². The summed E-state index contributed by atoms with van der Waals surface area (Å²) in [6.07, 6.45) is 0.116. The Kier molecular flexibility index (Phi) is 4.70. The monoisotopic (exact) mass is 367 g/mol. The summed E-state index contributed by atoms with van der Waals surface area (Å²) in [5.74, 6) is 2.53. The van der Waals surface area contributed by atoms with Crippen molar-refractivity contribution >= 4 is 16.7 Å². The normalized spacial score (nSPS) is 14.9. The van der Waals surface area contributed by atoms with Crippen LogP contribution in [0, 0.1) is 13.8 Å². The number of rotatable bonds is 4. The van der Waals surface area contributed by atoms with Gasteiger partial charge in [-0.2, -0.15) is 5.10 Å². The average Bonchev–Trinajstić information content (AvgIpc) is 3.04. The number of ether oxygens (including phenoxy) is 2. The Labute approximate surface area is 158 Å². The highest BCUT2D eigenvalue weighted by molar-refractivity contribution is 5.93. The number of nitrogens with zero attached hydrogens (tertiary/aromatic N) is 4. The van der Waals surface area contributed by atoms with E-state index in [9.17, 15) is 0 Å². The van der Waals surface area contributed by atoms with E-state index >= 15 is 0 Å². The summed E-state index contributed by atoms with van der Waals surface area (Å²) >= 11 is 0. The van der Waals surface area contributed by atoms with E-state index in [0.29, 0.717) is 0 Å². The Bertz CT molecular complexity index is 960. The highest BCUT2D eigenvalue weighted by Crippen LogP contribution is 2.32. The molecule has 3 heterocycles. The van der Waals surface area contributed by atoms with Crippen LogP contribution in [0.25, 0.3) is 22.3 Å². The van der Waals surface area contributed by atoms with Crippen LogP contribution in [0.2, 0.25) is 0 Å². The third-order valence-corrected chi connectivity index (χ3v) is 4.62. The number of hydrogen-bond donors (Lipinski definition) is 1. The molecule has 1 aliphatic rings. The molecule has 2 aromatic heterocycles. The Morgan fingerprint density at radius 2 is 1.89 bits per heavy atom. The molecule has 27 heavy (non-hydrogen) atoms. The zero-order chi connectivity index (χ0) is 19.0. The minimum atomic E-state index is 0.116. The van der Waals surface area contributed by atoms with Crippen molar-refractivity contribution in [1.82, 2.24) is 20.2 Å². The van der Waals surface area contributed by atoms with E-state index in [0.717, 1.165) is 71.5 Å². The van der Waals surface area contributed by atoms with Gasteiger partial charge in [0.25, 0.3) is 0 Å². The molecule has 142 valence electrons. The second-order valence-electron chi connectivity index (χ2n) is 7.16. The Morgan fingerprint density at radius 1 is 1.11 bits per heavy atom. The number of aryl methyl sites for hydroxylation is 2. The molecule has 1 fully saturated rings. The molecule has 0 radical (unpaired) electrons. The lowest BCUT2D eigenvalue weighted by molar-refractivity contribution is 0.122. The Morgan fingerprint density at radius 3 is 2.63 bits per heavy atom. The SMILES string of the molecule is Cc1nc(-c2n[nH]c3cc(C)c(OC(C)C)cc23)cc(N2CCOCC2)n1. The fourth-order valence-electron chi connectivity index (χ4n) is 3.36. The van der Waals surface area contributed by atoms with Crippen LogP contribution in [0.3, 0.4) is 0 Å². The molecule has 0 spiro atoms. The largest absolute Gasteiger partial charge is 0.491 e. The molecule has 3 aromatic rings. The molecule has 1 saturated heterocycles. The quantitative estimate of drug-likeness (QED) is 0.763. The van der Waals surface area contributed by atoms with Gasteiger partial charge in [0.2, 0.25) is 0 Å². The number of fused-ring (bicyclic) bond motifs is 1. The number of anilines is 1. The first-order valence-electron chi connectivity index (χ1n) is 9.35. The van der Waals surface area contributed by atoms with Gasteiger partial charge in [-0.1, -0.05) is 0 Å². The molecule has 1 aromatic carbocycles. The van der Waals surface area contributed by atoms with Crippen LogP contribution < -0.4 is 9.64 Å². The van der Waals surface area contributed by atoms with Crippen molar-refractivity contribution in [2.45, 2.75) is 33.8 Å². The first-order valence-corrected chi connectivity index (χ1v) is 9.35. The summed E-state index contributed by atoms with van der Waals surface area (Å²) in [6.45, 7) is 11.1. The maximum atomic E-state index is 5.96. The maximum absolute atomic E-state index is 5.96. The Hall–Kier alpha value is -2.67. The lowest BCUT2D eigenvalue weighted by atomic mass is 10.1. The standard InChI is InChI=1S/C20H25N5O2/c1-12(2)27-18-10-15-16(9-13(18)3)23-24-20(15)17-11-19(22-14(4)21-17)25-5-7-26-8-6-25/h9-12H,5-8H2,1-4H3,(H,23,24). The van der Waals surface area contributed by atoms with Gasteiger partial charge in [0.1, 0.15) is 23.1 Å². The van der Waals surface area contributed by atoms with Gasteiger partial charge in [0.05, 0.1) is 30.5 Å². The second kappa shape index (κ2) is 7.15. The molecule has 7 heteroatoms. The molecule has 1 N–H and O–H groups in total. The third-order valence-electron chi connectivity index (χ3n) is 4.62. The molecule has 0 aliphatic carbocycles. The van der Waals surface area contributed by atoms with Crippen molar-refractivity contribution in [3.05, 3.63) is 29.6 Å². The lowest BCUT2D eigenvalue weighted by Crippen LogP contribution is -2.36. The van der Waals surface area contributed by atoms with Crippen LogP contribution in [0.5, 0.6) is 5.75 Å². The number of H-pyrrole nitrogens is 1. The van der Waals surface area contributed by atoms with Crippen LogP contribution in [0.15, 0.2) is 18.2 Å². The molecular weight excluding hydrogens is 342 g/mol. The molecule has 0 amide bonds. The number of hydrogen-bond acceptors (Lipinski definition) is 6. The number of nitrogens with one attached hydrogen (secondary N) is 1. The first-order chi connectivity index (χ1) is 13.0. The van der Waals surface area contributed by atoms with Gasteiger partial charge < -0.3 is 14.4 Å². The fourth-order valence-corrected chi connectivity index (χ4v) is 3.36. The van der Waals surface area contributed by atoms with Gasteiger partial charge >= 0.3 is 0 Å². The third kappa shape index (κ3) is 3.60. The van der Waals surface area contributed by atoms with Crippen molar-refractivity contribution < 1.29 is 9.47 Å². The molecule has 4 rings (SSSR count). The highest BCUT2D eigenvalue weighted by atomic mass is 16.5. The molecule has 0 atom stereocenters. The molecule has 0 saturated carbocycles. The lowest BCUT2D eigenvalue weighted by Gasteiger charge is -2.28. The van der Waals surface area contributed by atoms with Gasteiger partial charge in [-0.05, 0) is 45.4 Å². The van der Waals surface area contributed by atoms with Crippen molar-refractivity contribution in [1.29, 1.82) is 0 Å². The van der Waals surface area contributed by atoms with E-state index < -0.39 is 0 Å². The summed E-state index contributed by atoms with van der Waals surface area (Å²) in [5, 5.41) is 8.67. The van der Waals surface area contributed by atoms with E-state index in [1.165, 1.54) is 0 Å². The van der Waals surface area contributed by atoms with Gasteiger partial charge in [-0.15, -0.1) is 0 Å². The molecule has 7 nitrogen and oxygen atoms in total. The minimum Gasteiger partial charge on any atom is -0.491 e. The molecule has 0 bridgehead atoms. The minimum absolute atomic E-state index is 0.116. The summed E-state index contributed by atoms with van der Waals surface area (Å²) in [7, 11) is 0. The van der Waals surface area contributed by atoms with Crippen molar-refractivity contribution in [2.75, 3.05) is 31.2 Å². The van der Waals surface area contributed by atoms with Crippen LogP contribution in [-0.2, 0) is 4.74 Å². The predicted molar refractivity (Wildman–Crippen MR) is 105 cm³/mol. The molecule has 1 aliphatic heterocycles. The van der Waals surface area contributed by atoms with E-state index in [-0.39, 0.29) is 6.10 Å². The smallest absolute Gasteiger partial charge is 0.133 e. The van der Waals surface area contributed by atoms with Crippen molar-refractivity contribution in [3.8, 4) is 17.1 Å². The van der Waals surface area contributed by atoms with Crippen LogP contribution in [-0.4, -0.2) is 52.6 Å².